The second kappa shape index (κ2) is 12.4. The van der Waals surface area contributed by atoms with E-state index in [1.165, 1.54) is 0 Å². The number of para-hydroxylation sites is 1. The van der Waals surface area contributed by atoms with Crippen molar-refractivity contribution in [3.8, 4) is 5.75 Å². The number of likely N-dealkylation sites (tertiary alicyclic amines) is 1. The Kier molecular flexibility index (Phi) is 8.53. The number of hydrogen-bond donors (Lipinski definition) is 2. The first-order valence-electron chi connectivity index (χ1n) is 12.0. The van der Waals surface area contributed by atoms with E-state index in [2.05, 4.69) is 15.8 Å². The first-order valence-corrected chi connectivity index (χ1v) is 12.0. The topological polar surface area (TPSA) is 92.3 Å². The van der Waals surface area contributed by atoms with E-state index in [1.807, 2.05) is 72.8 Å². The molecule has 1 aliphatic rings. The summed E-state index contributed by atoms with van der Waals surface area (Å²) in [6, 6.07) is 26.3. The Morgan fingerprint density at radius 3 is 2.14 bits per heavy atom. The van der Waals surface area contributed by atoms with Crippen molar-refractivity contribution in [2.24, 2.45) is 5.16 Å². The number of piperidine rings is 1. The Labute approximate surface area is 210 Å². The third-order valence-electron chi connectivity index (χ3n) is 5.73. The molecule has 1 heterocycles. The van der Waals surface area contributed by atoms with Crippen LogP contribution >= 0.6 is 0 Å². The summed E-state index contributed by atoms with van der Waals surface area (Å²) in [7, 11) is 0. The summed E-state index contributed by atoms with van der Waals surface area (Å²) in [4.78, 5) is 32.1. The molecule has 3 amide bonds. The Morgan fingerprint density at radius 2 is 1.47 bits per heavy atom. The van der Waals surface area contributed by atoms with Gasteiger partial charge in [-0.15, -0.1) is 0 Å². The van der Waals surface area contributed by atoms with Crippen molar-refractivity contribution in [3.05, 3.63) is 90.5 Å². The van der Waals surface area contributed by atoms with E-state index in [4.69, 9.17) is 9.57 Å². The molecule has 1 atom stereocenters. The van der Waals surface area contributed by atoms with Crippen LogP contribution in [0.4, 0.5) is 16.2 Å². The van der Waals surface area contributed by atoms with Crippen molar-refractivity contribution in [1.29, 1.82) is 0 Å². The van der Waals surface area contributed by atoms with Gasteiger partial charge in [0.15, 0.2) is 0 Å². The minimum Gasteiger partial charge on any atom is -0.489 e. The van der Waals surface area contributed by atoms with E-state index < -0.39 is 6.10 Å². The molecule has 2 N–H and O–H groups in total. The number of carbonyl (C=O) groups excluding carboxylic acids is 2. The number of carbonyl (C=O) groups is 2. The minimum absolute atomic E-state index is 0.134. The molecule has 1 saturated heterocycles. The van der Waals surface area contributed by atoms with Gasteiger partial charge in [-0.2, -0.15) is 0 Å². The molecule has 0 aromatic heterocycles. The van der Waals surface area contributed by atoms with E-state index in [1.54, 1.807) is 24.0 Å². The zero-order valence-electron chi connectivity index (χ0n) is 20.2. The van der Waals surface area contributed by atoms with Crippen LogP contribution in [0.15, 0.2) is 90.1 Å². The van der Waals surface area contributed by atoms with Gasteiger partial charge in [-0.25, -0.2) is 4.79 Å². The molecule has 186 valence electrons. The fourth-order valence-corrected chi connectivity index (χ4v) is 3.60. The number of oxime groups is 1. The van der Waals surface area contributed by atoms with E-state index in [0.29, 0.717) is 38.2 Å². The number of anilines is 2. The first kappa shape index (κ1) is 24.8. The number of nitrogens with one attached hydrogen (secondary N) is 2. The van der Waals surface area contributed by atoms with E-state index >= 15 is 0 Å². The van der Waals surface area contributed by atoms with Gasteiger partial charge in [-0.1, -0.05) is 53.7 Å². The number of hydrogen-bond acceptors (Lipinski definition) is 5. The third kappa shape index (κ3) is 7.33. The smallest absolute Gasteiger partial charge is 0.321 e. The van der Waals surface area contributed by atoms with Gasteiger partial charge in [0.25, 0.3) is 5.91 Å². The van der Waals surface area contributed by atoms with Crippen LogP contribution < -0.4 is 15.4 Å². The highest BCUT2D eigenvalue weighted by atomic mass is 16.6. The maximum atomic E-state index is 12.5. The molecule has 36 heavy (non-hydrogen) atoms. The van der Waals surface area contributed by atoms with Crippen molar-refractivity contribution >= 4 is 29.0 Å². The van der Waals surface area contributed by atoms with Crippen LogP contribution in [0.25, 0.3) is 0 Å². The molecule has 8 heteroatoms. The lowest BCUT2D eigenvalue weighted by molar-refractivity contribution is -0.126. The van der Waals surface area contributed by atoms with Crippen LogP contribution in [0.2, 0.25) is 0 Å². The molecule has 1 aliphatic heterocycles. The Balaban J connectivity index is 1.18. The third-order valence-corrected chi connectivity index (χ3v) is 5.73. The summed E-state index contributed by atoms with van der Waals surface area (Å²) in [6.45, 7) is 3.21. The van der Waals surface area contributed by atoms with Gasteiger partial charge in [0, 0.05) is 37.3 Å². The predicted octanol–water partition coefficient (Wildman–Crippen LogP) is 5.29. The summed E-state index contributed by atoms with van der Waals surface area (Å²) in [6.07, 6.45) is 0.438. The van der Waals surface area contributed by atoms with Gasteiger partial charge in [0.2, 0.25) is 6.10 Å². The van der Waals surface area contributed by atoms with Gasteiger partial charge in [-0.05, 0) is 48.9 Å². The predicted molar refractivity (Wildman–Crippen MR) is 140 cm³/mol. The Bertz CT molecular complexity index is 1160. The standard InChI is InChI=1S/C28H30N4O4/c1-21(27(33)29-24-12-14-26(15-13-24)35-20-22-8-4-2-5-9-22)36-31-25-16-18-32(19-17-25)28(34)30-23-10-6-3-7-11-23/h2-15,21H,16-20H2,1H3,(H,29,33)(H,30,34). The zero-order chi connectivity index (χ0) is 25.2. The van der Waals surface area contributed by atoms with Crippen LogP contribution in [0.3, 0.4) is 0 Å². The highest BCUT2D eigenvalue weighted by molar-refractivity contribution is 5.94. The number of urea groups is 1. The number of rotatable bonds is 8. The number of nitrogens with zero attached hydrogens (tertiary/aromatic N) is 2. The summed E-state index contributed by atoms with van der Waals surface area (Å²) in [5.74, 6) is 0.424. The maximum Gasteiger partial charge on any atom is 0.321 e. The van der Waals surface area contributed by atoms with Crippen LogP contribution in [0, 0.1) is 0 Å². The monoisotopic (exact) mass is 486 g/mol. The van der Waals surface area contributed by atoms with Crippen molar-refractivity contribution in [1.82, 2.24) is 4.90 Å². The van der Waals surface area contributed by atoms with Crippen LogP contribution in [-0.4, -0.2) is 41.7 Å². The Hall–Kier alpha value is -4.33. The SMILES string of the molecule is CC(ON=C1CCN(C(=O)Nc2ccccc2)CC1)C(=O)Nc1ccc(OCc2ccccc2)cc1. The highest BCUT2D eigenvalue weighted by Gasteiger charge is 2.21. The summed E-state index contributed by atoms with van der Waals surface area (Å²) < 4.78 is 5.77. The van der Waals surface area contributed by atoms with Gasteiger partial charge in [-0.3, -0.25) is 4.79 Å². The van der Waals surface area contributed by atoms with E-state index in [-0.39, 0.29) is 11.9 Å². The molecule has 4 rings (SSSR count). The average Bonchev–Trinajstić information content (AvgIpc) is 2.92. The molecule has 1 unspecified atom stereocenters. The highest BCUT2D eigenvalue weighted by Crippen LogP contribution is 2.18. The fraction of sp³-hybridized carbons (Fsp3) is 0.250. The summed E-state index contributed by atoms with van der Waals surface area (Å²) in [5, 5.41) is 9.88. The second-order valence-electron chi connectivity index (χ2n) is 8.48. The number of benzene rings is 3. The quantitative estimate of drug-likeness (QED) is 0.423. The molecule has 1 fully saturated rings. The first-order chi connectivity index (χ1) is 17.6. The summed E-state index contributed by atoms with van der Waals surface area (Å²) in [5.41, 5.74) is 3.33. The maximum absolute atomic E-state index is 12.5. The lowest BCUT2D eigenvalue weighted by atomic mass is 10.1. The zero-order valence-corrected chi connectivity index (χ0v) is 20.2. The summed E-state index contributed by atoms with van der Waals surface area (Å²) >= 11 is 0. The van der Waals surface area contributed by atoms with E-state index in [9.17, 15) is 9.59 Å². The lowest BCUT2D eigenvalue weighted by Gasteiger charge is -2.27. The minimum atomic E-state index is -0.758. The molecule has 0 radical (unpaired) electrons. The molecular weight excluding hydrogens is 456 g/mol. The van der Waals surface area contributed by atoms with Gasteiger partial charge >= 0.3 is 6.03 Å². The Morgan fingerprint density at radius 1 is 0.861 bits per heavy atom. The van der Waals surface area contributed by atoms with Gasteiger partial charge in [0.1, 0.15) is 12.4 Å². The molecular formula is C28H30N4O4. The normalized spacial score (nSPS) is 13.9. The van der Waals surface area contributed by atoms with Crippen molar-refractivity contribution < 1.29 is 19.2 Å². The average molecular weight is 487 g/mol. The van der Waals surface area contributed by atoms with Crippen LogP contribution in [-0.2, 0) is 16.2 Å². The molecule has 3 aromatic carbocycles. The second-order valence-corrected chi connectivity index (χ2v) is 8.48. The molecule has 3 aromatic rings. The fourth-order valence-electron chi connectivity index (χ4n) is 3.60. The molecule has 8 nitrogen and oxygen atoms in total. The van der Waals surface area contributed by atoms with Crippen molar-refractivity contribution in [2.45, 2.75) is 32.5 Å². The molecule has 0 spiro atoms. The molecule has 0 bridgehead atoms. The lowest BCUT2D eigenvalue weighted by Crippen LogP contribution is -2.41. The van der Waals surface area contributed by atoms with Gasteiger partial charge < -0.3 is 25.1 Å². The molecule has 0 aliphatic carbocycles. The van der Waals surface area contributed by atoms with Crippen molar-refractivity contribution in [2.75, 3.05) is 23.7 Å². The van der Waals surface area contributed by atoms with E-state index in [0.717, 1.165) is 22.7 Å². The number of ether oxygens (including phenoxy) is 1. The largest absolute Gasteiger partial charge is 0.489 e. The van der Waals surface area contributed by atoms with Gasteiger partial charge in [0.05, 0.1) is 5.71 Å². The van der Waals surface area contributed by atoms with Crippen molar-refractivity contribution in [3.63, 3.8) is 0 Å². The molecule has 0 saturated carbocycles. The van der Waals surface area contributed by atoms with Crippen LogP contribution in [0.1, 0.15) is 25.3 Å². The van der Waals surface area contributed by atoms with Crippen LogP contribution in [0.5, 0.6) is 5.75 Å². The number of amides is 3.